The number of carbonyl (C=O) groups excluding carboxylic acids is 1. The number of phenolic OH excluding ortho intramolecular Hbond substituents is 1. The van der Waals surface area contributed by atoms with E-state index in [2.05, 4.69) is 56.8 Å². The number of non-ortho nitro benzene ring substituents is 2. The smallest absolute Gasteiger partial charge is 0.271 e. The van der Waals surface area contributed by atoms with Crippen molar-refractivity contribution in [2.75, 3.05) is 24.3 Å². The molecular formula is C41H44N6O7. The second-order valence-corrected chi connectivity index (χ2v) is 14.6. The SMILES string of the molecule is CC(C)(C)c1ccc(-c2nc3cc([N+](=O)[O-])ccc3o2)cc1.CC(C)(C)c1ccc(C(=O)Nc2cc([N+](=O)[O-])ccc2O)cc1.CN(C)c1ccncc1. The Hall–Kier alpha value is -6.63. The average Bonchev–Trinajstić information content (AvgIpc) is 3.56. The highest BCUT2D eigenvalue weighted by atomic mass is 16.6. The molecule has 0 bridgehead atoms. The van der Waals surface area contributed by atoms with Crippen molar-refractivity contribution in [3.63, 3.8) is 0 Å². The van der Waals surface area contributed by atoms with E-state index in [4.69, 9.17) is 4.42 Å². The second kappa shape index (κ2) is 16.8. The van der Waals surface area contributed by atoms with E-state index in [0.717, 1.165) is 17.2 Å². The number of aromatic hydroxyl groups is 1. The maximum Gasteiger partial charge on any atom is 0.271 e. The summed E-state index contributed by atoms with van der Waals surface area (Å²) >= 11 is 0. The van der Waals surface area contributed by atoms with Crippen molar-refractivity contribution in [1.82, 2.24) is 9.97 Å². The predicted octanol–water partition coefficient (Wildman–Crippen LogP) is 9.70. The van der Waals surface area contributed by atoms with E-state index in [1.54, 1.807) is 30.6 Å². The lowest BCUT2D eigenvalue weighted by Gasteiger charge is -2.19. The maximum absolute atomic E-state index is 12.2. The molecule has 6 rings (SSSR count). The van der Waals surface area contributed by atoms with Gasteiger partial charge in [-0.3, -0.25) is 30.0 Å². The topological polar surface area (TPSA) is 178 Å². The number of anilines is 2. The van der Waals surface area contributed by atoms with Crippen LogP contribution in [-0.2, 0) is 10.8 Å². The summed E-state index contributed by atoms with van der Waals surface area (Å²) in [5.74, 6) is -0.201. The lowest BCUT2D eigenvalue weighted by Crippen LogP contribution is -2.14. The van der Waals surface area contributed by atoms with Gasteiger partial charge in [0.05, 0.1) is 15.5 Å². The fraction of sp³-hybridized carbons (Fsp3) is 0.244. The van der Waals surface area contributed by atoms with Gasteiger partial charge >= 0.3 is 0 Å². The zero-order valence-electron chi connectivity index (χ0n) is 31.5. The Labute approximate surface area is 313 Å². The van der Waals surface area contributed by atoms with Gasteiger partial charge in [-0.1, -0.05) is 65.8 Å². The van der Waals surface area contributed by atoms with Gasteiger partial charge in [-0.25, -0.2) is 4.98 Å². The largest absolute Gasteiger partial charge is 0.506 e. The van der Waals surface area contributed by atoms with Crippen molar-refractivity contribution >= 4 is 39.8 Å². The molecule has 0 aliphatic heterocycles. The van der Waals surface area contributed by atoms with Gasteiger partial charge < -0.3 is 19.7 Å². The second-order valence-electron chi connectivity index (χ2n) is 14.6. The molecule has 0 saturated heterocycles. The Morgan fingerprint density at radius 2 is 1.26 bits per heavy atom. The lowest BCUT2D eigenvalue weighted by atomic mass is 9.86. The summed E-state index contributed by atoms with van der Waals surface area (Å²) in [6.45, 7) is 12.7. The average molecular weight is 733 g/mol. The Bertz CT molecular complexity index is 2220. The van der Waals surface area contributed by atoms with Gasteiger partial charge in [-0.05, 0) is 70.5 Å². The number of nitro groups is 2. The number of nitrogens with zero attached hydrogens (tertiary/aromatic N) is 5. The van der Waals surface area contributed by atoms with Gasteiger partial charge in [0.25, 0.3) is 17.3 Å². The molecule has 6 aromatic rings. The molecular weight excluding hydrogens is 688 g/mol. The highest BCUT2D eigenvalue weighted by Gasteiger charge is 2.18. The molecule has 0 atom stereocenters. The Kier molecular flexibility index (Phi) is 12.5. The maximum atomic E-state index is 12.2. The number of hydrogen-bond donors (Lipinski definition) is 2. The van der Waals surface area contributed by atoms with Crippen molar-refractivity contribution in [3.8, 4) is 17.2 Å². The van der Waals surface area contributed by atoms with Crippen molar-refractivity contribution < 1.29 is 24.2 Å². The van der Waals surface area contributed by atoms with E-state index in [9.17, 15) is 30.1 Å². The van der Waals surface area contributed by atoms with Crippen LogP contribution in [0, 0.1) is 20.2 Å². The molecule has 2 N–H and O–H groups in total. The molecule has 0 radical (unpaired) electrons. The molecule has 1 amide bonds. The van der Waals surface area contributed by atoms with Crippen molar-refractivity contribution in [3.05, 3.63) is 146 Å². The van der Waals surface area contributed by atoms with Crippen LogP contribution in [0.25, 0.3) is 22.6 Å². The van der Waals surface area contributed by atoms with Gasteiger partial charge in [0.15, 0.2) is 5.58 Å². The normalized spacial score (nSPS) is 11.0. The predicted molar refractivity (Wildman–Crippen MR) is 211 cm³/mol. The van der Waals surface area contributed by atoms with Crippen LogP contribution >= 0.6 is 0 Å². The molecule has 0 unspecified atom stereocenters. The summed E-state index contributed by atoms with van der Waals surface area (Å²) in [5.41, 5.74) is 5.66. The highest BCUT2D eigenvalue weighted by molar-refractivity contribution is 6.05. The number of pyridine rings is 1. The molecule has 280 valence electrons. The first-order valence-electron chi connectivity index (χ1n) is 17.0. The third kappa shape index (κ3) is 10.7. The number of aromatic nitrogens is 2. The minimum Gasteiger partial charge on any atom is -0.506 e. The van der Waals surface area contributed by atoms with Gasteiger partial charge in [0.1, 0.15) is 11.3 Å². The third-order valence-electron chi connectivity index (χ3n) is 8.21. The molecule has 0 saturated carbocycles. The van der Waals surface area contributed by atoms with E-state index in [1.165, 1.54) is 35.5 Å². The summed E-state index contributed by atoms with van der Waals surface area (Å²) in [7, 11) is 4.02. The van der Waals surface area contributed by atoms with E-state index in [0.29, 0.717) is 22.6 Å². The van der Waals surface area contributed by atoms with E-state index >= 15 is 0 Å². The number of phenols is 1. The quantitative estimate of drug-likeness (QED) is 0.0951. The van der Waals surface area contributed by atoms with Gasteiger partial charge in [0.2, 0.25) is 5.89 Å². The van der Waals surface area contributed by atoms with Crippen molar-refractivity contribution in [2.45, 2.75) is 52.4 Å². The molecule has 0 aliphatic carbocycles. The van der Waals surface area contributed by atoms with Crippen LogP contribution in [0.1, 0.15) is 63.0 Å². The number of nitro benzene ring substituents is 2. The Balaban J connectivity index is 0.000000197. The molecule has 4 aromatic carbocycles. The van der Waals surface area contributed by atoms with Crippen LogP contribution in [0.15, 0.2) is 114 Å². The van der Waals surface area contributed by atoms with E-state index in [-0.39, 0.29) is 33.6 Å². The van der Waals surface area contributed by atoms with Crippen LogP contribution in [0.5, 0.6) is 5.75 Å². The van der Waals surface area contributed by atoms with E-state index in [1.807, 2.05) is 67.5 Å². The zero-order chi connectivity index (χ0) is 39.8. The first-order chi connectivity index (χ1) is 25.3. The Morgan fingerprint density at radius 1 is 0.741 bits per heavy atom. The molecule has 0 aliphatic rings. The van der Waals surface area contributed by atoms with Crippen LogP contribution < -0.4 is 10.2 Å². The Morgan fingerprint density at radius 3 is 1.76 bits per heavy atom. The van der Waals surface area contributed by atoms with Gasteiger partial charge in [0, 0.05) is 67.6 Å². The monoisotopic (exact) mass is 732 g/mol. The van der Waals surface area contributed by atoms with Gasteiger partial charge in [-0.2, -0.15) is 0 Å². The van der Waals surface area contributed by atoms with Crippen LogP contribution in [-0.4, -0.2) is 44.9 Å². The van der Waals surface area contributed by atoms with Crippen LogP contribution in [0.3, 0.4) is 0 Å². The number of fused-ring (bicyclic) bond motifs is 1. The zero-order valence-corrected chi connectivity index (χ0v) is 31.5. The van der Waals surface area contributed by atoms with E-state index < -0.39 is 15.8 Å². The number of nitrogens with one attached hydrogen (secondary N) is 1. The first-order valence-corrected chi connectivity index (χ1v) is 17.0. The third-order valence-corrected chi connectivity index (χ3v) is 8.21. The molecule has 13 heteroatoms. The number of oxazole rings is 1. The first kappa shape index (κ1) is 40.1. The fourth-order valence-corrected chi connectivity index (χ4v) is 4.96. The number of carbonyl (C=O) groups is 1. The fourth-order valence-electron chi connectivity index (χ4n) is 4.96. The number of hydrogen-bond acceptors (Lipinski definition) is 10. The number of amides is 1. The molecule has 2 aromatic heterocycles. The van der Waals surface area contributed by atoms with Crippen LogP contribution in [0.4, 0.5) is 22.7 Å². The molecule has 0 fully saturated rings. The van der Waals surface area contributed by atoms with Gasteiger partial charge in [-0.15, -0.1) is 0 Å². The molecule has 13 nitrogen and oxygen atoms in total. The summed E-state index contributed by atoms with van der Waals surface area (Å²) in [4.78, 5) is 43.0. The number of rotatable bonds is 6. The molecule has 54 heavy (non-hydrogen) atoms. The lowest BCUT2D eigenvalue weighted by molar-refractivity contribution is -0.384. The minimum absolute atomic E-state index is 0.00379. The highest BCUT2D eigenvalue weighted by Crippen LogP contribution is 2.30. The number of benzene rings is 4. The summed E-state index contributed by atoms with van der Waals surface area (Å²) in [6, 6.07) is 26.9. The standard InChI is InChI=1S/C17H18N2O4.C17H16N2O3.C7H10N2/c1-17(2,3)12-6-4-11(5-7-12)16(21)18-14-10-13(19(22)23)8-9-15(14)20;1-17(2,3)12-6-4-11(5-7-12)16-18-14-10-13(19(20)21)8-9-15(14)22-16;1-9(2)7-3-5-8-6-4-7/h4-10,20H,1-3H3,(H,18,21);4-10H,1-3H3;3-6H,1-2H3. The molecule has 0 spiro atoms. The summed E-state index contributed by atoms with van der Waals surface area (Å²) < 4.78 is 5.68. The minimum atomic E-state index is -0.590. The van der Waals surface area contributed by atoms with Crippen molar-refractivity contribution in [2.24, 2.45) is 0 Å². The van der Waals surface area contributed by atoms with Crippen molar-refractivity contribution in [1.29, 1.82) is 0 Å². The molecule has 2 heterocycles. The summed E-state index contributed by atoms with van der Waals surface area (Å²) in [5, 5.41) is 33.8. The summed E-state index contributed by atoms with van der Waals surface area (Å²) in [6.07, 6.45) is 3.57. The van der Waals surface area contributed by atoms with Crippen LogP contribution in [0.2, 0.25) is 0 Å².